The molecule has 1 amide bonds. The van der Waals surface area contributed by atoms with Gasteiger partial charge in [0.2, 0.25) is 6.79 Å². The number of fused-ring (bicyclic) bond motifs is 1. The maximum atomic E-state index is 13.0. The van der Waals surface area contributed by atoms with Crippen molar-refractivity contribution in [2.45, 2.75) is 44.2 Å². The summed E-state index contributed by atoms with van der Waals surface area (Å²) in [6.45, 7) is 0.109. The van der Waals surface area contributed by atoms with Gasteiger partial charge in [-0.15, -0.1) is 0 Å². The molecule has 3 heterocycles. The van der Waals surface area contributed by atoms with Crippen LogP contribution in [0.15, 0.2) is 46.6 Å². The summed E-state index contributed by atoms with van der Waals surface area (Å²) < 4.78 is 16.3. The van der Waals surface area contributed by atoms with Crippen molar-refractivity contribution in [2.75, 3.05) is 6.79 Å². The molecule has 0 spiro atoms. The summed E-state index contributed by atoms with van der Waals surface area (Å²) in [5, 5.41) is 11.1. The van der Waals surface area contributed by atoms with Gasteiger partial charge in [-0.25, -0.2) is 0 Å². The number of ketones is 1. The van der Waals surface area contributed by atoms with Gasteiger partial charge in [0.15, 0.2) is 11.5 Å². The van der Waals surface area contributed by atoms with E-state index in [2.05, 4.69) is 0 Å². The molecule has 3 aliphatic rings. The van der Waals surface area contributed by atoms with Gasteiger partial charge in [0, 0.05) is 11.6 Å². The molecule has 0 radical (unpaired) electrons. The van der Waals surface area contributed by atoms with E-state index in [1.807, 2.05) is 0 Å². The zero-order chi connectivity index (χ0) is 20.0. The largest absolute Gasteiger partial charge is 0.507 e. The van der Waals surface area contributed by atoms with Crippen molar-refractivity contribution in [3.05, 3.63) is 53.5 Å². The third-order valence-corrected chi connectivity index (χ3v) is 5.91. The number of aliphatic hydroxyl groups is 1. The third-order valence-electron chi connectivity index (χ3n) is 5.91. The lowest BCUT2D eigenvalue weighted by atomic mass is 9.92. The van der Waals surface area contributed by atoms with Gasteiger partial charge in [0.25, 0.3) is 11.7 Å². The Kier molecular flexibility index (Phi) is 4.30. The summed E-state index contributed by atoms with van der Waals surface area (Å²) in [7, 11) is 0. The molecule has 7 heteroatoms. The second-order valence-electron chi connectivity index (χ2n) is 7.58. The zero-order valence-corrected chi connectivity index (χ0v) is 15.8. The molecule has 1 atom stereocenters. The molecule has 1 unspecified atom stereocenters. The minimum absolute atomic E-state index is 0.0441. The number of Topliss-reactive ketones (excluding diaryl/α,β-unsaturated/α-hetero) is 1. The Morgan fingerprint density at radius 3 is 2.59 bits per heavy atom. The van der Waals surface area contributed by atoms with Gasteiger partial charge >= 0.3 is 0 Å². The number of carbonyl (C=O) groups excluding carboxylic acids is 2. The third kappa shape index (κ3) is 2.88. The fourth-order valence-electron chi connectivity index (χ4n) is 4.51. The molecule has 1 saturated carbocycles. The van der Waals surface area contributed by atoms with Crippen molar-refractivity contribution in [1.82, 2.24) is 4.90 Å². The molecule has 1 aromatic heterocycles. The smallest absolute Gasteiger partial charge is 0.296 e. The highest BCUT2D eigenvalue weighted by atomic mass is 16.7. The predicted molar refractivity (Wildman–Crippen MR) is 102 cm³/mol. The van der Waals surface area contributed by atoms with Crippen LogP contribution in [0.4, 0.5) is 0 Å². The Labute approximate surface area is 167 Å². The predicted octanol–water partition coefficient (Wildman–Crippen LogP) is 3.76. The molecular weight excluding hydrogens is 374 g/mol. The topological polar surface area (TPSA) is 89.2 Å². The highest BCUT2D eigenvalue weighted by Gasteiger charge is 2.50. The van der Waals surface area contributed by atoms with Crippen molar-refractivity contribution >= 4 is 17.4 Å². The van der Waals surface area contributed by atoms with Crippen molar-refractivity contribution in [3.8, 4) is 11.5 Å². The van der Waals surface area contributed by atoms with E-state index in [4.69, 9.17) is 13.9 Å². The number of carbonyl (C=O) groups is 2. The summed E-state index contributed by atoms with van der Waals surface area (Å²) in [5.41, 5.74) is 0.446. The van der Waals surface area contributed by atoms with Crippen LogP contribution >= 0.6 is 0 Å². The molecule has 1 N–H and O–H groups in total. The van der Waals surface area contributed by atoms with Crippen LogP contribution in [-0.2, 0) is 9.59 Å². The lowest BCUT2D eigenvalue weighted by Crippen LogP contribution is -2.40. The lowest BCUT2D eigenvalue weighted by Gasteiger charge is -2.34. The highest BCUT2D eigenvalue weighted by molar-refractivity contribution is 6.46. The minimum Gasteiger partial charge on any atom is -0.507 e. The van der Waals surface area contributed by atoms with Gasteiger partial charge in [-0.1, -0.05) is 19.3 Å². The SMILES string of the molecule is O=C1C(=O)N(C2CCCCC2)C(c2ccco2)/C1=C(/O)c1ccc2c(c1)OCO2. The number of rotatable bonds is 3. The molecular formula is C22H21NO6. The van der Waals surface area contributed by atoms with Crippen LogP contribution in [0.25, 0.3) is 5.76 Å². The average molecular weight is 395 g/mol. The second-order valence-corrected chi connectivity index (χ2v) is 7.58. The van der Waals surface area contributed by atoms with Crippen molar-refractivity contribution in [2.24, 2.45) is 0 Å². The Balaban J connectivity index is 1.62. The molecule has 2 aromatic rings. The van der Waals surface area contributed by atoms with Crippen LogP contribution in [0.2, 0.25) is 0 Å². The van der Waals surface area contributed by atoms with Gasteiger partial charge in [-0.2, -0.15) is 0 Å². The summed E-state index contributed by atoms with van der Waals surface area (Å²) in [5.74, 6) is 0.0306. The number of furan rings is 1. The number of hydrogen-bond donors (Lipinski definition) is 1. The maximum absolute atomic E-state index is 13.0. The van der Waals surface area contributed by atoms with E-state index in [-0.39, 0.29) is 24.2 Å². The molecule has 2 fully saturated rings. The van der Waals surface area contributed by atoms with E-state index >= 15 is 0 Å². The van der Waals surface area contributed by atoms with Gasteiger partial charge in [0.05, 0.1) is 11.8 Å². The Hall–Kier alpha value is -3.22. The first-order chi connectivity index (χ1) is 14.1. The standard InChI is InChI=1S/C22H21NO6/c24-20(13-8-9-15-17(11-13)29-12-28-15)18-19(16-7-4-10-27-16)23(22(26)21(18)25)14-5-2-1-3-6-14/h4,7-11,14,19,24H,1-3,5-6,12H2/b20-18-. The fourth-order valence-corrected chi connectivity index (χ4v) is 4.51. The Morgan fingerprint density at radius 1 is 1.03 bits per heavy atom. The quantitative estimate of drug-likeness (QED) is 0.484. The van der Waals surface area contributed by atoms with E-state index in [0.29, 0.717) is 22.8 Å². The number of hydrogen-bond acceptors (Lipinski definition) is 6. The van der Waals surface area contributed by atoms with Gasteiger partial charge < -0.3 is 23.9 Å². The van der Waals surface area contributed by atoms with Crippen LogP contribution in [0, 0.1) is 0 Å². The molecule has 0 bridgehead atoms. The second kappa shape index (κ2) is 6.99. The van der Waals surface area contributed by atoms with E-state index in [1.54, 1.807) is 35.2 Å². The molecule has 1 aliphatic carbocycles. The Bertz CT molecular complexity index is 987. The zero-order valence-electron chi connectivity index (χ0n) is 15.8. The van der Waals surface area contributed by atoms with Crippen LogP contribution in [0.1, 0.15) is 49.5 Å². The van der Waals surface area contributed by atoms with Crippen LogP contribution in [-0.4, -0.2) is 34.5 Å². The number of nitrogens with zero attached hydrogens (tertiary/aromatic N) is 1. The van der Waals surface area contributed by atoms with Crippen LogP contribution in [0.5, 0.6) is 11.5 Å². The summed E-state index contributed by atoms with van der Waals surface area (Å²) in [6, 6.07) is 7.61. The first-order valence-electron chi connectivity index (χ1n) is 9.88. The van der Waals surface area contributed by atoms with Crippen LogP contribution < -0.4 is 9.47 Å². The minimum atomic E-state index is -0.737. The molecule has 5 rings (SSSR count). The molecule has 7 nitrogen and oxygen atoms in total. The van der Waals surface area contributed by atoms with Gasteiger partial charge in [0.1, 0.15) is 17.6 Å². The number of likely N-dealkylation sites (tertiary alicyclic amines) is 1. The van der Waals surface area contributed by atoms with Crippen molar-refractivity contribution in [1.29, 1.82) is 0 Å². The molecule has 29 heavy (non-hydrogen) atoms. The summed E-state index contributed by atoms with van der Waals surface area (Å²) >= 11 is 0. The summed E-state index contributed by atoms with van der Waals surface area (Å²) in [4.78, 5) is 27.6. The molecule has 1 aromatic carbocycles. The Morgan fingerprint density at radius 2 is 1.83 bits per heavy atom. The molecule has 1 saturated heterocycles. The highest BCUT2D eigenvalue weighted by Crippen LogP contribution is 2.44. The number of aliphatic hydroxyl groups excluding tert-OH is 1. The van der Waals surface area contributed by atoms with Crippen LogP contribution in [0.3, 0.4) is 0 Å². The lowest BCUT2D eigenvalue weighted by molar-refractivity contribution is -0.142. The fraction of sp³-hybridized carbons (Fsp3) is 0.364. The number of benzene rings is 1. The summed E-state index contributed by atoms with van der Waals surface area (Å²) in [6.07, 6.45) is 6.35. The normalized spacial score (nSPS) is 23.7. The van der Waals surface area contributed by atoms with E-state index in [9.17, 15) is 14.7 Å². The maximum Gasteiger partial charge on any atom is 0.296 e. The average Bonchev–Trinajstić information content (AvgIpc) is 3.48. The van der Waals surface area contributed by atoms with Crippen molar-refractivity contribution in [3.63, 3.8) is 0 Å². The monoisotopic (exact) mass is 395 g/mol. The van der Waals surface area contributed by atoms with E-state index in [1.165, 1.54) is 6.26 Å². The van der Waals surface area contributed by atoms with E-state index < -0.39 is 17.7 Å². The first kappa shape index (κ1) is 17.8. The first-order valence-corrected chi connectivity index (χ1v) is 9.88. The molecule has 2 aliphatic heterocycles. The van der Waals surface area contributed by atoms with Gasteiger partial charge in [-0.05, 0) is 43.2 Å². The van der Waals surface area contributed by atoms with Crippen molar-refractivity contribution < 1.29 is 28.6 Å². The van der Waals surface area contributed by atoms with E-state index in [0.717, 1.165) is 32.1 Å². The number of ether oxygens (including phenoxy) is 2. The van der Waals surface area contributed by atoms with Gasteiger partial charge in [-0.3, -0.25) is 9.59 Å². The molecule has 150 valence electrons. The number of amides is 1.